The van der Waals surface area contributed by atoms with Gasteiger partial charge in [-0.25, -0.2) is 4.52 Å². The highest BCUT2D eigenvalue weighted by molar-refractivity contribution is 5.92. The maximum absolute atomic E-state index is 5.30. The first-order valence-electron chi connectivity index (χ1n) is 9.31. The summed E-state index contributed by atoms with van der Waals surface area (Å²) in [5.74, 6) is 0.863. The van der Waals surface area contributed by atoms with Gasteiger partial charge in [0.15, 0.2) is 0 Å². The molecule has 0 aliphatic carbocycles. The number of rotatable bonds is 2. The second kappa shape index (κ2) is 7.16. The summed E-state index contributed by atoms with van der Waals surface area (Å²) in [5, 5.41) is 8.21. The summed E-state index contributed by atoms with van der Waals surface area (Å²) in [6.45, 7) is 4.00. The number of anilines is 1. The van der Waals surface area contributed by atoms with E-state index in [1.807, 2.05) is 42.9 Å². The molecule has 2 aromatic heterocycles. The highest BCUT2D eigenvalue weighted by Gasteiger charge is 2.25. The van der Waals surface area contributed by atoms with Gasteiger partial charge in [0.25, 0.3) is 0 Å². The second-order valence-electron chi connectivity index (χ2n) is 6.21. The van der Waals surface area contributed by atoms with Crippen LogP contribution in [-0.2, 0) is 0 Å². The van der Waals surface area contributed by atoms with E-state index in [1.165, 1.54) is 22.3 Å². The number of benzene rings is 2. The van der Waals surface area contributed by atoms with Gasteiger partial charge in [0.05, 0.1) is 18.7 Å². The van der Waals surface area contributed by atoms with E-state index in [2.05, 4.69) is 58.9 Å². The zero-order valence-electron chi connectivity index (χ0n) is 15.8. The fourth-order valence-electron chi connectivity index (χ4n) is 3.66. The summed E-state index contributed by atoms with van der Waals surface area (Å²) in [5.41, 5.74) is 7.11. The van der Waals surface area contributed by atoms with Gasteiger partial charge < -0.3 is 10.1 Å². The average molecular weight is 357 g/mol. The fourth-order valence-corrected chi connectivity index (χ4v) is 3.66. The molecule has 4 heteroatoms. The van der Waals surface area contributed by atoms with Crippen molar-refractivity contribution >= 4 is 11.2 Å². The van der Waals surface area contributed by atoms with Gasteiger partial charge in [-0.2, -0.15) is 5.10 Å². The molecule has 136 valence electrons. The Bertz CT molecular complexity index is 1070. The molecule has 0 saturated heterocycles. The third kappa shape index (κ3) is 2.83. The van der Waals surface area contributed by atoms with Crippen LogP contribution in [0.1, 0.15) is 31.0 Å². The predicted octanol–water partition coefficient (Wildman–Crippen LogP) is 5.55. The van der Waals surface area contributed by atoms with E-state index in [0.717, 1.165) is 17.0 Å². The quantitative estimate of drug-likeness (QED) is 0.511. The summed E-state index contributed by atoms with van der Waals surface area (Å²) in [4.78, 5) is 0. The Labute approximate surface area is 159 Å². The standard InChI is InChI=1S/C21H17N3O.C2H6/c1-25-15-8-6-14(7-9-15)20-18-11-13-24-21(18)17(10-12-22-24)16-4-2-3-5-19(16)23-20;1-2/h2-13,20,23H,1H3;1-2H3. The van der Waals surface area contributed by atoms with Crippen LogP contribution in [0.5, 0.6) is 5.75 Å². The van der Waals surface area contributed by atoms with Crippen molar-refractivity contribution in [2.24, 2.45) is 0 Å². The van der Waals surface area contributed by atoms with E-state index in [4.69, 9.17) is 4.74 Å². The van der Waals surface area contributed by atoms with E-state index in [9.17, 15) is 0 Å². The lowest BCUT2D eigenvalue weighted by molar-refractivity contribution is 0.414. The Kier molecular flexibility index (Phi) is 4.55. The van der Waals surface area contributed by atoms with Crippen LogP contribution in [0.3, 0.4) is 0 Å². The lowest BCUT2D eigenvalue weighted by atomic mass is 9.99. The van der Waals surface area contributed by atoms with E-state index in [-0.39, 0.29) is 6.04 Å². The van der Waals surface area contributed by atoms with Crippen molar-refractivity contribution in [1.82, 2.24) is 9.61 Å². The summed E-state index contributed by atoms with van der Waals surface area (Å²) < 4.78 is 7.27. The topological polar surface area (TPSA) is 38.6 Å². The molecule has 4 nitrogen and oxygen atoms in total. The smallest absolute Gasteiger partial charge is 0.118 e. The molecule has 0 amide bonds. The molecule has 4 aromatic rings. The van der Waals surface area contributed by atoms with Crippen LogP contribution < -0.4 is 10.1 Å². The third-order valence-corrected chi connectivity index (χ3v) is 4.86. The molecule has 0 fully saturated rings. The number of fused-ring (bicyclic) bond motifs is 2. The van der Waals surface area contributed by atoms with Crippen LogP contribution >= 0.6 is 0 Å². The SMILES string of the molecule is CC.COc1ccc(C2Nc3ccccc3-c3ccnn4ccc2c34)cc1. The molecule has 2 aromatic carbocycles. The van der Waals surface area contributed by atoms with Crippen LogP contribution in [0, 0.1) is 0 Å². The van der Waals surface area contributed by atoms with Crippen molar-refractivity contribution in [1.29, 1.82) is 0 Å². The monoisotopic (exact) mass is 357 g/mol. The number of hydrogen-bond acceptors (Lipinski definition) is 3. The molecule has 27 heavy (non-hydrogen) atoms. The zero-order valence-corrected chi connectivity index (χ0v) is 15.8. The molecular formula is C23H23N3O. The lowest BCUT2D eigenvalue weighted by Gasteiger charge is -2.19. The number of nitrogens with one attached hydrogen (secondary N) is 1. The highest BCUT2D eigenvalue weighted by Crippen LogP contribution is 2.42. The van der Waals surface area contributed by atoms with Crippen molar-refractivity contribution in [2.75, 3.05) is 12.4 Å². The molecular weight excluding hydrogens is 334 g/mol. The Balaban J connectivity index is 0.000000872. The van der Waals surface area contributed by atoms with Crippen molar-refractivity contribution < 1.29 is 4.74 Å². The first-order valence-corrected chi connectivity index (χ1v) is 9.31. The molecule has 0 bridgehead atoms. The minimum Gasteiger partial charge on any atom is -0.497 e. The maximum Gasteiger partial charge on any atom is 0.118 e. The summed E-state index contributed by atoms with van der Waals surface area (Å²) in [6.07, 6.45) is 3.89. The van der Waals surface area contributed by atoms with E-state index >= 15 is 0 Å². The number of para-hydroxylation sites is 1. The van der Waals surface area contributed by atoms with Crippen molar-refractivity contribution in [3.05, 3.63) is 84.2 Å². The van der Waals surface area contributed by atoms with Crippen LogP contribution in [0.2, 0.25) is 0 Å². The minimum atomic E-state index is 0.0579. The average Bonchev–Trinajstić information content (AvgIpc) is 3.11. The van der Waals surface area contributed by atoms with Gasteiger partial charge in [-0.15, -0.1) is 0 Å². The Hall–Kier alpha value is -3.27. The van der Waals surface area contributed by atoms with Crippen molar-refractivity contribution in [2.45, 2.75) is 19.9 Å². The van der Waals surface area contributed by atoms with Gasteiger partial charge in [0, 0.05) is 34.8 Å². The minimum absolute atomic E-state index is 0.0579. The molecule has 1 aliphatic rings. The van der Waals surface area contributed by atoms with Gasteiger partial charge in [-0.1, -0.05) is 44.2 Å². The normalized spacial score (nSPS) is 14.4. The van der Waals surface area contributed by atoms with Gasteiger partial charge in [0.1, 0.15) is 5.75 Å². The van der Waals surface area contributed by atoms with Gasteiger partial charge in [-0.05, 0) is 35.9 Å². The summed E-state index contributed by atoms with van der Waals surface area (Å²) >= 11 is 0. The Morgan fingerprint density at radius 3 is 2.48 bits per heavy atom. The number of aromatic nitrogens is 2. The molecule has 0 spiro atoms. The lowest BCUT2D eigenvalue weighted by Crippen LogP contribution is -2.11. The first kappa shape index (κ1) is 17.2. The van der Waals surface area contributed by atoms with Crippen LogP contribution in [0.25, 0.3) is 16.6 Å². The number of hydrogen-bond donors (Lipinski definition) is 1. The number of ether oxygens (including phenoxy) is 1. The third-order valence-electron chi connectivity index (χ3n) is 4.86. The van der Waals surface area contributed by atoms with Crippen LogP contribution in [0.15, 0.2) is 73.1 Å². The fraction of sp³-hybridized carbons (Fsp3) is 0.174. The van der Waals surface area contributed by atoms with Crippen molar-refractivity contribution in [3.63, 3.8) is 0 Å². The number of nitrogens with zero attached hydrogens (tertiary/aromatic N) is 2. The molecule has 3 heterocycles. The second-order valence-corrected chi connectivity index (χ2v) is 6.21. The van der Waals surface area contributed by atoms with E-state index in [0.29, 0.717) is 0 Å². The molecule has 1 N–H and O–H groups in total. The molecule has 1 aliphatic heterocycles. The predicted molar refractivity (Wildman–Crippen MR) is 110 cm³/mol. The molecule has 1 atom stereocenters. The molecule has 5 rings (SSSR count). The largest absolute Gasteiger partial charge is 0.497 e. The highest BCUT2D eigenvalue weighted by atomic mass is 16.5. The number of methoxy groups -OCH3 is 1. The van der Waals surface area contributed by atoms with Gasteiger partial charge in [0.2, 0.25) is 0 Å². The van der Waals surface area contributed by atoms with Crippen LogP contribution in [0.4, 0.5) is 5.69 Å². The van der Waals surface area contributed by atoms with Gasteiger partial charge >= 0.3 is 0 Å². The summed E-state index contributed by atoms with van der Waals surface area (Å²) in [6, 6.07) is 21.0. The molecule has 0 saturated carbocycles. The van der Waals surface area contributed by atoms with Gasteiger partial charge in [-0.3, -0.25) is 0 Å². The maximum atomic E-state index is 5.30. The Morgan fingerprint density at radius 1 is 0.926 bits per heavy atom. The molecule has 0 radical (unpaired) electrons. The van der Waals surface area contributed by atoms with Crippen LogP contribution in [-0.4, -0.2) is 16.7 Å². The van der Waals surface area contributed by atoms with E-state index < -0.39 is 0 Å². The Morgan fingerprint density at radius 2 is 1.70 bits per heavy atom. The zero-order chi connectivity index (χ0) is 18.8. The first-order chi connectivity index (χ1) is 13.3. The molecule has 1 unspecified atom stereocenters. The van der Waals surface area contributed by atoms with E-state index in [1.54, 1.807) is 7.11 Å². The summed E-state index contributed by atoms with van der Waals surface area (Å²) in [7, 11) is 1.69. The van der Waals surface area contributed by atoms with Crippen molar-refractivity contribution in [3.8, 4) is 16.9 Å².